The van der Waals surface area contributed by atoms with Crippen molar-refractivity contribution in [3.8, 4) is 0 Å². The van der Waals surface area contributed by atoms with E-state index in [0.717, 1.165) is 25.2 Å². The summed E-state index contributed by atoms with van der Waals surface area (Å²) in [4.78, 5) is 4.34. The van der Waals surface area contributed by atoms with Crippen molar-refractivity contribution >= 4 is 0 Å². The van der Waals surface area contributed by atoms with Crippen molar-refractivity contribution in [1.82, 2.24) is 30.5 Å². The minimum absolute atomic E-state index is 0.487. The summed E-state index contributed by atoms with van der Waals surface area (Å²) in [6, 6.07) is 0. The highest BCUT2D eigenvalue weighted by atomic mass is 16.5. The van der Waals surface area contributed by atoms with Gasteiger partial charge in [0.25, 0.3) is 0 Å². The predicted molar refractivity (Wildman–Crippen MR) is 69.3 cm³/mol. The Kier molecular flexibility index (Phi) is 4.62. The largest absolute Gasteiger partial charge is 0.339 e. The van der Waals surface area contributed by atoms with Crippen molar-refractivity contribution in [3.63, 3.8) is 0 Å². The maximum Gasteiger partial charge on any atom is 0.226 e. The number of nitrogens with one attached hydrogen (secondary N) is 1. The Morgan fingerprint density at radius 2 is 2.26 bits per heavy atom. The van der Waals surface area contributed by atoms with Gasteiger partial charge in [0.15, 0.2) is 5.82 Å². The van der Waals surface area contributed by atoms with Crippen LogP contribution >= 0.6 is 0 Å². The van der Waals surface area contributed by atoms with Crippen LogP contribution < -0.4 is 5.32 Å². The molecule has 0 saturated heterocycles. The van der Waals surface area contributed by atoms with Gasteiger partial charge in [0, 0.05) is 13.0 Å². The first kappa shape index (κ1) is 13.7. The molecular weight excluding hydrogens is 244 g/mol. The molecule has 2 rings (SSSR count). The summed E-state index contributed by atoms with van der Waals surface area (Å²) in [5.74, 6) is 1.82. The molecule has 7 nitrogen and oxygen atoms in total. The maximum atomic E-state index is 5.18. The normalized spacial score (nSPS) is 11.4. The van der Waals surface area contributed by atoms with E-state index in [4.69, 9.17) is 4.52 Å². The molecule has 104 valence electrons. The highest BCUT2D eigenvalue weighted by Gasteiger charge is 2.09. The van der Waals surface area contributed by atoms with Crippen LogP contribution in [0.3, 0.4) is 0 Å². The lowest BCUT2D eigenvalue weighted by Gasteiger charge is -1.96. The summed E-state index contributed by atoms with van der Waals surface area (Å²) in [6.45, 7) is 8.42. The van der Waals surface area contributed by atoms with Crippen LogP contribution in [-0.4, -0.2) is 31.7 Å². The van der Waals surface area contributed by atoms with Gasteiger partial charge < -0.3 is 9.84 Å². The number of hydrogen-bond acceptors (Lipinski definition) is 6. The zero-order valence-corrected chi connectivity index (χ0v) is 11.6. The van der Waals surface area contributed by atoms with E-state index >= 15 is 0 Å². The van der Waals surface area contributed by atoms with Gasteiger partial charge in [-0.2, -0.15) is 4.98 Å². The summed E-state index contributed by atoms with van der Waals surface area (Å²) < 4.78 is 6.90. The van der Waals surface area contributed by atoms with E-state index in [9.17, 15) is 0 Å². The molecular formula is C12H20N6O. The third-order valence-corrected chi connectivity index (χ3v) is 2.54. The molecule has 0 unspecified atom stereocenters. The molecule has 0 aliphatic carbocycles. The van der Waals surface area contributed by atoms with E-state index in [1.54, 1.807) is 4.68 Å². The van der Waals surface area contributed by atoms with Gasteiger partial charge in [-0.05, 0) is 12.5 Å². The van der Waals surface area contributed by atoms with E-state index in [0.29, 0.717) is 24.2 Å². The standard InChI is InChI=1S/C12H20N6O/c1-4-13-6-10-7-18(17-15-10)8-11-14-12(19-16-11)5-9(2)3/h7,9,13H,4-6,8H2,1-3H3. The Morgan fingerprint density at radius 3 is 3.00 bits per heavy atom. The fourth-order valence-corrected chi connectivity index (χ4v) is 1.68. The predicted octanol–water partition coefficient (Wildman–Crippen LogP) is 1.02. The SMILES string of the molecule is CCNCc1cn(Cc2noc(CC(C)C)n2)nn1. The quantitative estimate of drug-likeness (QED) is 0.804. The maximum absolute atomic E-state index is 5.18. The molecule has 1 N–H and O–H groups in total. The van der Waals surface area contributed by atoms with E-state index < -0.39 is 0 Å². The molecule has 0 bridgehead atoms. The summed E-state index contributed by atoms with van der Waals surface area (Å²) in [5.41, 5.74) is 0.910. The fraction of sp³-hybridized carbons (Fsp3) is 0.667. The summed E-state index contributed by atoms with van der Waals surface area (Å²) in [5, 5.41) is 15.3. The highest BCUT2D eigenvalue weighted by Crippen LogP contribution is 2.06. The Morgan fingerprint density at radius 1 is 1.42 bits per heavy atom. The Hall–Kier alpha value is -1.76. The molecule has 0 saturated carbocycles. The van der Waals surface area contributed by atoms with Crippen LogP contribution in [0.2, 0.25) is 0 Å². The molecule has 19 heavy (non-hydrogen) atoms. The summed E-state index contributed by atoms with van der Waals surface area (Å²) in [7, 11) is 0. The van der Waals surface area contributed by atoms with Crippen LogP contribution in [0.1, 0.15) is 38.2 Å². The molecule has 2 heterocycles. The van der Waals surface area contributed by atoms with E-state index in [1.807, 2.05) is 6.20 Å². The summed E-state index contributed by atoms with van der Waals surface area (Å²) >= 11 is 0. The number of rotatable bonds is 7. The molecule has 0 fully saturated rings. The second-order valence-electron chi connectivity index (χ2n) is 4.89. The van der Waals surface area contributed by atoms with E-state index in [-0.39, 0.29) is 0 Å². The van der Waals surface area contributed by atoms with Crippen LogP contribution in [0.5, 0.6) is 0 Å². The van der Waals surface area contributed by atoms with Gasteiger partial charge in [-0.1, -0.05) is 31.1 Å². The Bertz CT molecular complexity index is 504. The summed E-state index contributed by atoms with van der Waals surface area (Å²) in [6.07, 6.45) is 2.69. The van der Waals surface area contributed by atoms with Crippen molar-refractivity contribution in [2.75, 3.05) is 6.54 Å². The van der Waals surface area contributed by atoms with Gasteiger partial charge in [0.2, 0.25) is 5.89 Å². The average Bonchev–Trinajstić information content (AvgIpc) is 2.96. The van der Waals surface area contributed by atoms with Gasteiger partial charge in [-0.15, -0.1) is 5.10 Å². The fourth-order valence-electron chi connectivity index (χ4n) is 1.68. The zero-order valence-electron chi connectivity index (χ0n) is 11.6. The van der Waals surface area contributed by atoms with Gasteiger partial charge >= 0.3 is 0 Å². The van der Waals surface area contributed by atoms with Crippen LogP contribution in [0.25, 0.3) is 0 Å². The molecule has 0 aromatic carbocycles. The molecule has 0 aliphatic heterocycles. The first-order valence-electron chi connectivity index (χ1n) is 6.58. The van der Waals surface area contributed by atoms with Gasteiger partial charge in [-0.3, -0.25) is 0 Å². The lowest BCUT2D eigenvalue weighted by molar-refractivity contribution is 0.357. The van der Waals surface area contributed by atoms with Gasteiger partial charge in [0.1, 0.15) is 6.54 Å². The minimum Gasteiger partial charge on any atom is -0.339 e. The number of nitrogens with zero attached hydrogens (tertiary/aromatic N) is 5. The van der Waals surface area contributed by atoms with Gasteiger partial charge in [0.05, 0.1) is 11.9 Å². The van der Waals surface area contributed by atoms with Crippen LogP contribution in [-0.2, 0) is 19.5 Å². The lowest BCUT2D eigenvalue weighted by Crippen LogP contribution is -2.11. The molecule has 0 aliphatic rings. The topological polar surface area (TPSA) is 81.7 Å². The lowest BCUT2D eigenvalue weighted by atomic mass is 10.1. The number of hydrogen-bond donors (Lipinski definition) is 1. The third-order valence-electron chi connectivity index (χ3n) is 2.54. The van der Waals surface area contributed by atoms with Crippen molar-refractivity contribution in [3.05, 3.63) is 23.6 Å². The van der Waals surface area contributed by atoms with Crippen molar-refractivity contribution in [2.45, 2.75) is 40.3 Å². The monoisotopic (exact) mass is 264 g/mol. The van der Waals surface area contributed by atoms with Crippen molar-refractivity contribution in [2.24, 2.45) is 5.92 Å². The minimum atomic E-state index is 0.487. The first-order valence-corrected chi connectivity index (χ1v) is 6.58. The molecule has 7 heteroatoms. The van der Waals surface area contributed by atoms with Crippen molar-refractivity contribution < 1.29 is 4.52 Å². The second-order valence-corrected chi connectivity index (χ2v) is 4.89. The molecule has 0 radical (unpaired) electrons. The smallest absolute Gasteiger partial charge is 0.226 e. The van der Waals surface area contributed by atoms with Crippen LogP contribution in [0, 0.1) is 5.92 Å². The van der Waals surface area contributed by atoms with E-state index in [2.05, 4.69) is 46.5 Å². The highest BCUT2D eigenvalue weighted by molar-refractivity contribution is 4.94. The number of aromatic nitrogens is 5. The second kappa shape index (κ2) is 6.42. The first-order chi connectivity index (χ1) is 9.17. The zero-order chi connectivity index (χ0) is 13.7. The molecule has 2 aromatic heterocycles. The third kappa shape index (κ3) is 4.13. The van der Waals surface area contributed by atoms with Crippen molar-refractivity contribution in [1.29, 1.82) is 0 Å². The Labute approximate surface area is 112 Å². The molecule has 0 atom stereocenters. The van der Waals surface area contributed by atoms with Gasteiger partial charge in [-0.25, -0.2) is 4.68 Å². The molecule has 0 amide bonds. The van der Waals surface area contributed by atoms with E-state index in [1.165, 1.54) is 0 Å². The van der Waals surface area contributed by atoms with Crippen LogP contribution in [0.15, 0.2) is 10.7 Å². The van der Waals surface area contributed by atoms with Crippen LogP contribution in [0.4, 0.5) is 0 Å². The molecule has 0 spiro atoms. The Balaban J connectivity index is 1.93. The average molecular weight is 264 g/mol. The molecule has 2 aromatic rings.